The number of benzene rings is 2. The standard InChI is InChI=1S/C29H21ClN2O6S/c1-3-14-37-28(35)24-17(2)31-29-32(26(33)23(39-29)16-18-6-10-20(30)11-7-18)25(24)19-8-12-21(13-9-19)38-27(34)22-5-4-15-36-22/h3-13,15-16,25H,1,14H2,2H3. The Labute approximate surface area is 231 Å². The predicted octanol–water partition coefficient (Wildman–Crippen LogP) is 4.43. The zero-order chi connectivity index (χ0) is 27.5. The summed E-state index contributed by atoms with van der Waals surface area (Å²) < 4.78 is 17.7. The van der Waals surface area contributed by atoms with E-state index in [2.05, 4.69) is 11.6 Å². The van der Waals surface area contributed by atoms with E-state index in [0.29, 0.717) is 25.6 Å². The third-order valence-electron chi connectivity index (χ3n) is 5.87. The Morgan fingerprint density at radius 3 is 2.54 bits per heavy atom. The van der Waals surface area contributed by atoms with Gasteiger partial charge in [-0.2, -0.15) is 0 Å². The number of aromatic nitrogens is 1. The highest BCUT2D eigenvalue weighted by Crippen LogP contribution is 2.31. The SMILES string of the molecule is C=CCOC(=O)C1=C(C)N=c2sc(=Cc3ccc(Cl)cc3)c(=O)n2C1c1ccc(OC(=O)c2ccco2)cc1. The van der Waals surface area contributed by atoms with Gasteiger partial charge in [0, 0.05) is 5.02 Å². The lowest BCUT2D eigenvalue weighted by molar-refractivity contribution is -0.138. The van der Waals surface area contributed by atoms with Gasteiger partial charge in [0.2, 0.25) is 5.76 Å². The van der Waals surface area contributed by atoms with Gasteiger partial charge in [0.15, 0.2) is 4.80 Å². The van der Waals surface area contributed by atoms with Gasteiger partial charge in [-0.25, -0.2) is 14.6 Å². The molecule has 1 aliphatic heterocycles. The molecule has 2 aromatic heterocycles. The molecule has 1 atom stereocenters. The molecule has 0 amide bonds. The highest BCUT2D eigenvalue weighted by Gasteiger charge is 2.33. The van der Waals surface area contributed by atoms with Crippen molar-refractivity contribution in [3.63, 3.8) is 0 Å². The zero-order valence-corrected chi connectivity index (χ0v) is 22.2. The number of hydrogen-bond acceptors (Lipinski definition) is 8. The van der Waals surface area contributed by atoms with Crippen LogP contribution in [0.25, 0.3) is 6.08 Å². The van der Waals surface area contributed by atoms with E-state index in [1.807, 2.05) is 12.1 Å². The Morgan fingerprint density at radius 2 is 1.87 bits per heavy atom. The highest BCUT2D eigenvalue weighted by atomic mass is 35.5. The number of rotatable bonds is 7. The summed E-state index contributed by atoms with van der Waals surface area (Å²) in [5, 5.41) is 0.588. The fourth-order valence-electron chi connectivity index (χ4n) is 4.09. The van der Waals surface area contributed by atoms with E-state index in [0.717, 1.165) is 5.56 Å². The van der Waals surface area contributed by atoms with Gasteiger partial charge in [0.05, 0.1) is 28.1 Å². The average Bonchev–Trinajstić information content (AvgIpc) is 3.57. The number of esters is 2. The van der Waals surface area contributed by atoms with E-state index in [9.17, 15) is 14.4 Å². The molecule has 0 N–H and O–H groups in total. The molecule has 0 bridgehead atoms. The molecule has 39 heavy (non-hydrogen) atoms. The van der Waals surface area contributed by atoms with Crippen LogP contribution in [0.3, 0.4) is 0 Å². The molecule has 5 rings (SSSR count). The molecule has 0 saturated carbocycles. The van der Waals surface area contributed by atoms with Gasteiger partial charge >= 0.3 is 11.9 Å². The second-order valence-corrected chi connectivity index (χ2v) is 9.90. The number of furan rings is 1. The lowest BCUT2D eigenvalue weighted by Gasteiger charge is -2.24. The van der Waals surface area contributed by atoms with Crippen LogP contribution in [0.5, 0.6) is 5.75 Å². The molecule has 10 heteroatoms. The minimum Gasteiger partial charge on any atom is -0.458 e. The molecular formula is C29H21ClN2O6S. The Kier molecular flexibility index (Phi) is 7.44. The van der Waals surface area contributed by atoms with Crippen LogP contribution in [0, 0.1) is 0 Å². The topological polar surface area (TPSA) is 100 Å². The molecule has 4 aromatic rings. The van der Waals surface area contributed by atoms with E-state index in [1.165, 1.54) is 34.3 Å². The number of carbonyl (C=O) groups is 2. The third-order valence-corrected chi connectivity index (χ3v) is 7.11. The maximum Gasteiger partial charge on any atom is 0.379 e. The Hall–Kier alpha value is -4.47. The normalized spacial score (nSPS) is 14.9. The quantitative estimate of drug-likeness (QED) is 0.188. The first-order valence-electron chi connectivity index (χ1n) is 11.8. The minimum absolute atomic E-state index is 0.00495. The third kappa shape index (κ3) is 5.41. The maximum atomic E-state index is 13.7. The van der Waals surface area contributed by atoms with Crippen molar-refractivity contribution in [2.75, 3.05) is 6.61 Å². The molecule has 1 aliphatic rings. The Balaban J connectivity index is 1.58. The van der Waals surface area contributed by atoms with Gasteiger partial charge in [-0.15, -0.1) is 0 Å². The molecule has 196 valence electrons. The zero-order valence-electron chi connectivity index (χ0n) is 20.6. The molecule has 2 aromatic carbocycles. The van der Waals surface area contributed by atoms with E-state index in [1.54, 1.807) is 55.5 Å². The van der Waals surface area contributed by atoms with E-state index in [4.69, 9.17) is 25.5 Å². The van der Waals surface area contributed by atoms with Crippen LogP contribution in [0.4, 0.5) is 0 Å². The molecule has 1 unspecified atom stereocenters. The number of hydrogen-bond donors (Lipinski definition) is 0. The summed E-state index contributed by atoms with van der Waals surface area (Å²) >= 11 is 7.22. The first-order chi connectivity index (χ1) is 18.9. The summed E-state index contributed by atoms with van der Waals surface area (Å²) in [6.07, 6.45) is 4.60. The lowest BCUT2D eigenvalue weighted by atomic mass is 9.96. The van der Waals surface area contributed by atoms with Crippen molar-refractivity contribution in [1.82, 2.24) is 4.57 Å². The van der Waals surface area contributed by atoms with Gasteiger partial charge < -0.3 is 13.9 Å². The minimum atomic E-state index is -0.819. The van der Waals surface area contributed by atoms with Crippen molar-refractivity contribution >= 4 is 41.0 Å². The van der Waals surface area contributed by atoms with Crippen LogP contribution in [0.2, 0.25) is 5.02 Å². The lowest BCUT2D eigenvalue weighted by Crippen LogP contribution is -2.39. The van der Waals surface area contributed by atoms with Crippen molar-refractivity contribution in [2.45, 2.75) is 13.0 Å². The second kappa shape index (κ2) is 11.1. The van der Waals surface area contributed by atoms with Gasteiger partial charge in [-0.05, 0) is 60.5 Å². The van der Waals surface area contributed by atoms with Crippen LogP contribution >= 0.6 is 22.9 Å². The van der Waals surface area contributed by atoms with Crippen molar-refractivity contribution < 1.29 is 23.5 Å². The average molecular weight is 561 g/mol. The van der Waals surface area contributed by atoms with Crippen LogP contribution in [0.1, 0.15) is 34.6 Å². The maximum absolute atomic E-state index is 13.7. The van der Waals surface area contributed by atoms with E-state index < -0.39 is 18.0 Å². The molecule has 3 heterocycles. The summed E-state index contributed by atoms with van der Waals surface area (Å²) in [6, 6.07) is 15.9. The number of carbonyl (C=O) groups excluding carboxylic acids is 2. The number of ether oxygens (including phenoxy) is 2. The molecule has 0 spiro atoms. The Bertz CT molecular complexity index is 1760. The first-order valence-corrected chi connectivity index (χ1v) is 13.0. The van der Waals surface area contributed by atoms with Gasteiger partial charge in [-0.1, -0.05) is 59.9 Å². The van der Waals surface area contributed by atoms with Crippen molar-refractivity contribution in [3.8, 4) is 5.75 Å². The number of thiazole rings is 1. The van der Waals surface area contributed by atoms with Crippen molar-refractivity contribution in [2.24, 2.45) is 4.99 Å². The fourth-order valence-corrected chi connectivity index (χ4v) is 5.26. The smallest absolute Gasteiger partial charge is 0.379 e. The largest absolute Gasteiger partial charge is 0.458 e. The number of fused-ring (bicyclic) bond motifs is 1. The van der Waals surface area contributed by atoms with Crippen LogP contribution in [0.15, 0.2) is 105 Å². The summed E-state index contributed by atoms with van der Waals surface area (Å²) in [5.41, 5.74) is 1.75. The molecule has 0 fully saturated rings. The first kappa shape index (κ1) is 26.1. The predicted molar refractivity (Wildman–Crippen MR) is 146 cm³/mol. The fraction of sp³-hybridized carbons (Fsp3) is 0.103. The van der Waals surface area contributed by atoms with Gasteiger partial charge in [0.1, 0.15) is 12.4 Å². The molecule has 8 nitrogen and oxygen atoms in total. The second-order valence-electron chi connectivity index (χ2n) is 8.46. The summed E-state index contributed by atoms with van der Waals surface area (Å²) in [7, 11) is 0. The number of halogens is 1. The summed E-state index contributed by atoms with van der Waals surface area (Å²) in [6.45, 7) is 5.30. The van der Waals surface area contributed by atoms with E-state index in [-0.39, 0.29) is 29.2 Å². The molecule has 0 aliphatic carbocycles. The van der Waals surface area contributed by atoms with Crippen LogP contribution in [-0.2, 0) is 9.53 Å². The van der Waals surface area contributed by atoms with E-state index >= 15 is 0 Å². The van der Waals surface area contributed by atoms with Gasteiger partial charge in [0.25, 0.3) is 5.56 Å². The molecular weight excluding hydrogens is 540 g/mol. The van der Waals surface area contributed by atoms with Crippen LogP contribution < -0.4 is 19.6 Å². The Morgan fingerprint density at radius 1 is 1.13 bits per heavy atom. The molecule has 0 saturated heterocycles. The highest BCUT2D eigenvalue weighted by molar-refractivity contribution is 7.07. The molecule has 0 radical (unpaired) electrons. The summed E-state index contributed by atoms with van der Waals surface area (Å²) in [5.74, 6) is -0.918. The van der Waals surface area contributed by atoms with Gasteiger partial charge in [-0.3, -0.25) is 9.36 Å². The van der Waals surface area contributed by atoms with Crippen molar-refractivity contribution in [1.29, 1.82) is 0 Å². The van der Waals surface area contributed by atoms with Crippen molar-refractivity contribution in [3.05, 3.63) is 132 Å². The number of allylic oxidation sites excluding steroid dienone is 1. The monoisotopic (exact) mass is 560 g/mol. The van der Waals surface area contributed by atoms with Crippen LogP contribution in [-0.4, -0.2) is 23.1 Å². The number of nitrogens with zero attached hydrogens (tertiary/aromatic N) is 2. The summed E-state index contributed by atoms with van der Waals surface area (Å²) in [4.78, 5) is 44.1.